The van der Waals surface area contributed by atoms with Crippen LogP contribution in [0.1, 0.15) is 11.1 Å². The van der Waals surface area contributed by atoms with E-state index in [1.165, 1.54) is 6.33 Å². The number of rotatable bonds is 4. The van der Waals surface area contributed by atoms with Gasteiger partial charge in [0.05, 0.1) is 12.1 Å². The summed E-state index contributed by atoms with van der Waals surface area (Å²) in [5.41, 5.74) is 8.79. The summed E-state index contributed by atoms with van der Waals surface area (Å²) >= 11 is 6.36. The molecule has 0 spiro atoms. The topological polar surface area (TPSA) is 82.6 Å². The monoisotopic (exact) mass is 380 g/mol. The van der Waals surface area contributed by atoms with Crippen molar-refractivity contribution in [3.63, 3.8) is 0 Å². The van der Waals surface area contributed by atoms with Gasteiger partial charge in [0, 0.05) is 18.0 Å². The van der Waals surface area contributed by atoms with E-state index in [2.05, 4.69) is 15.0 Å². The minimum absolute atomic E-state index is 0.149. The summed E-state index contributed by atoms with van der Waals surface area (Å²) in [6, 6.07) is 13.7. The predicted molar refractivity (Wildman–Crippen MR) is 104 cm³/mol. The van der Waals surface area contributed by atoms with E-state index in [0.717, 1.165) is 22.3 Å². The Kier molecular flexibility index (Phi) is 4.41. The number of halogens is 1. The SMILES string of the molecule is COc1ccc(C2(c3cccc(-c4cncnc4)c3)COC(N)=N2)cc1Cl. The van der Waals surface area contributed by atoms with Crippen LogP contribution in [0.25, 0.3) is 11.1 Å². The lowest BCUT2D eigenvalue weighted by atomic mass is 9.83. The first-order chi connectivity index (χ1) is 13.1. The van der Waals surface area contributed by atoms with Crippen LogP contribution in [0.5, 0.6) is 5.75 Å². The average molecular weight is 381 g/mol. The fourth-order valence-corrected chi connectivity index (χ4v) is 3.48. The molecule has 7 heteroatoms. The van der Waals surface area contributed by atoms with Crippen molar-refractivity contribution in [2.45, 2.75) is 5.54 Å². The predicted octanol–water partition coefficient (Wildman–Crippen LogP) is 3.39. The molecule has 1 unspecified atom stereocenters. The molecule has 27 heavy (non-hydrogen) atoms. The van der Waals surface area contributed by atoms with E-state index in [4.69, 9.17) is 26.8 Å². The fraction of sp³-hybridized carbons (Fsp3) is 0.150. The Morgan fingerprint density at radius 1 is 1.07 bits per heavy atom. The smallest absolute Gasteiger partial charge is 0.283 e. The van der Waals surface area contributed by atoms with Gasteiger partial charge in [-0.1, -0.05) is 35.9 Å². The summed E-state index contributed by atoms with van der Waals surface area (Å²) < 4.78 is 10.8. The van der Waals surface area contributed by atoms with Crippen molar-refractivity contribution < 1.29 is 9.47 Å². The molecule has 0 saturated carbocycles. The number of hydrogen-bond acceptors (Lipinski definition) is 6. The van der Waals surface area contributed by atoms with E-state index in [-0.39, 0.29) is 12.6 Å². The molecule has 0 radical (unpaired) electrons. The van der Waals surface area contributed by atoms with Gasteiger partial charge in [-0.3, -0.25) is 0 Å². The van der Waals surface area contributed by atoms with Gasteiger partial charge in [0.25, 0.3) is 6.02 Å². The number of amidine groups is 1. The standard InChI is InChI=1S/C20H17ClN4O2/c1-26-18-6-5-16(8-17(18)21)20(11-27-19(22)25-20)15-4-2-3-13(7-15)14-9-23-12-24-10-14/h2-10,12H,11H2,1H3,(H2,22,25). The van der Waals surface area contributed by atoms with Crippen LogP contribution in [-0.2, 0) is 10.3 Å². The summed E-state index contributed by atoms with van der Waals surface area (Å²) in [7, 11) is 1.58. The molecule has 0 saturated heterocycles. The first-order valence-corrected chi connectivity index (χ1v) is 8.68. The zero-order chi connectivity index (χ0) is 18.9. The second kappa shape index (κ2) is 6.89. The number of nitrogens with zero attached hydrogens (tertiary/aromatic N) is 3. The molecule has 2 aromatic carbocycles. The molecule has 2 heterocycles. The molecule has 3 aromatic rings. The van der Waals surface area contributed by atoms with Gasteiger partial charge in [-0.25, -0.2) is 15.0 Å². The molecule has 0 bridgehead atoms. The first kappa shape index (κ1) is 17.3. The molecule has 0 aliphatic carbocycles. The highest BCUT2D eigenvalue weighted by atomic mass is 35.5. The van der Waals surface area contributed by atoms with Crippen LogP contribution in [0.3, 0.4) is 0 Å². The Labute approximate surface area is 161 Å². The van der Waals surface area contributed by atoms with Crippen LogP contribution in [0.15, 0.2) is 66.2 Å². The maximum absolute atomic E-state index is 6.36. The van der Waals surface area contributed by atoms with Crippen molar-refractivity contribution in [3.05, 3.63) is 77.3 Å². The van der Waals surface area contributed by atoms with Crippen molar-refractivity contribution in [1.29, 1.82) is 0 Å². The van der Waals surface area contributed by atoms with Gasteiger partial charge in [0.1, 0.15) is 18.7 Å². The van der Waals surface area contributed by atoms with Gasteiger partial charge in [-0.15, -0.1) is 0 Å². The van der Waals surface area contributed by atoms with E-state index < -0.39 is 5.54 Å². The molecule has 4 rings (SSSR count). The van der Waals surface area contributed by atoms with Gasteiger partial charge in [-0.05, 0) is 34.9 Å². The third-order valence-corrected chi connectivity index (χ3v) is 4.89. The number of ether oxygens (including phenoxy) is 2. The van der Waals surface area contributed by atoms with Crippen LogP contribution in [-0.4, -0.2) is 29.7 Å². The first-order valence-electron chi connectivity index (χ1n) is 8.30. The minimum atomic E-state index is -0.786. The summed E-state index contributed by atoms with van der Waals surface area (Å²) in [4.78, 5) is 12.8. The lowest BCUT2D eigenvalue weighted by Gasteiger charge is -2.26. The molecular weight excluding hydrogens is 364 g/mol. The zero-order valence-electron chi connectivity index (χ0n) is 14.6. The van der Waals surface area contributed by atoms with E-state index in [1.54, 1.807) is 19.5 Å². The second-order valence-corrected chi connectivity index (χ2v) is 6.56. The summed E-state index contributed by atoms with van der Waals surface area (Å²) in [6.07, 6.45) is 5.04. The summed E-state index contributed by atoms with van der Waals surface area (Å²) in [6.45, 7) is 0.288. The van der Waals surface area contributed by atoms with Crippen molar-refractivity contribution >= 4 is 17.6 Å². The Morgan fingerprint density at radius 2 is 1.85 bits per heavy atom. The van der Waals surface area contributed by atoms with Gasteiger partial charge < -0.3 is 15.2 Å². The van der Waals surface area contributed by atoms with Crippen LogP contribution in [0, 0.1) is 0 Å². The van der Waals surface area contributed by atoms with Crippen molar-refractivity contribution in [3.8, 4) is 16.9 Å². The molecule has 1 atom stereocenters. The number of hydrogen-bond donors (Lipinski definition) is 1. The lowest BCUT2D eigenvalue weighted by Crippen LogP contribution is -2.27. The molecule has 1 aromatic heterocycles. The minimum Gasteiger partial charge on any atom is -0.495 e. The molecule has 1 aliphatic heterocycles. The summed E-state index contributed by atoms with van der Waals surface area (Å²) in [5.74, 6) is 0.599. The van der Waals surface area contributed by atoms with Crippen molar-refractivity contribution in [2.24, 2.45) is 10.7 Å². The Bertz CT molecular complexity index is 1010. The van der Waals surface area contributed by atoms with Crippen molar-refractivity contribution in [2.75, 3.05) is 13.7 Å². The zero-order valence-corrected chi connectivity index (χ0v) is 15.3. The third kappa shape index (κ3) is 3.08. The maximum atomic E-state index is 6.36. The van der Waals surface area contributed by atoms with Crippen molar-refractivity contribution in [1.82, 2.24) is 9.97 Å². The lowest BCUT2D eigenvalue weighted by molar-refractivity contribution is 0.278. The number of methoxy groups -OCH3 is 1. The maximum Gasteiger partial charge on any atom is 0.283 e. The highest BCUT2D eigenvalue weighted by molar-refractivity contribution is 6.32. The molecule has 136 valence electrons. The van der Waals surface area contributed by atoms with Crippen LogP contribution in [0.4, 0.5) is 0 Å². The Hall–Kier alpha value is -3.12. The number of benzene rings is 2. The number of nitrogens with two attached hydrogens (primary N) is 1. The van der Waals surface area contributed by atoms with Gasteiger partial charge in [0.15, 0.2) is 5.54 Å². The molecule has 6 nitrogen and oxygen atoms in total. The van der Waals surface area contributed by atoms with Crippen LogP contribution < -0.4 is 10.5 Å². The molecule has 0 amide bonds. The average Bonchev–Trinajstić information content (AvgIpc) is 3.12. The second-order valence-electron chi connectivity index (χ2n) is 6.16. The molecule has 1 aliphatic rings. The molecule has 2 N–H and O–H groups in total. The highest BCUT2D eigenvalue weighted by Crippen LogP contribution is 2.41. The fourth-order valence-electron chi connectivity index (χ4n) is 3.22. The third-order valence-electron chi connectivity index (χ3n) is 4.59. The van der Waals surface area contributed by atoms with E-state index in [9.17, 15) is 0 Å². The van der Waals surface area contributed by atoms with Gasteiger partial charge in [-0.2, -0.15) is 0 Å². The summed E-state index contributed by atoms with van der Waals surface area (Å²) in [5, 5.41) is 0.502. The quantitative estimate of drug-likeness (QED) is 0.750. The van der Waals surface area contributed by atoms with E-state index >= 15 is 0 Å². The van der Waals surface area contributed by atoms with Crippen LogP contribution in [0.2, 0.25) is 5.02 Å². The normalized spacial score (nSPS) is 18.7. The molecule has 0 fully saturated rings. The van der Waals surface area contributed by atoms with Gasteiger partial charge in [0.2, 0.25) is 0 Å². The Morgan fingerprint density at radius 3 is 2.52 bits per heavy atom. The highest BCUT2D eigenvalue weighted by Gasteiger charge is 2.40. The number of aromatic nitrogens is 2. The van der Waals surface area contributed by atoms with E-state index in [1.807, 2.05) is 42.5 Å². The van der Waals surface area contributed by atoms with Crippen LogP contribution >= 0.6 is 11.6 Å². The Balaban J connectivity index is 1.86. The number of aliphatic imine (C=N–C) groups is 1. The van der Waals surface area contributed by atoms with E-state index in [0.29, 0.717) is 10.8 Å². The molecular formula is C20H17ClN4O2. The van der Waals surface area contributed by atoms with Gasteiger partial charge >= 0.3 is 0 Å². The largest absolute Gasteiger partial charge is 0.495 e.